The summed E-state index contributed by atoms with van der Waals surface area (Å²) in [6.07, 6.45) is 4.22. The van der Waals surface area contributed by atoms with Crippen molar-refractivity contribution in [2.75, 3.05) is 6.61 Å². The van der Waals surface area contributed by atoms with Crippen LogP contribution in [0.5, 0.6) is 0 Å². The Morgan fingerprint density at radius 3 is 3.00 bits per heavy atom. The summed E-state index contributed by atoms with van der Waals surface area (Å²) in [4.78, 5) is 0. The van der Waals surface area contributed by atoms with Crippen molar-refractivity contribution in [1.29, 1.82) is 0 Å². The van der Waals surface area contributed by atoms with E-state index in [9.17, 15) is 0 Å². The Bertz CT molecular complexity index is 624. The maximum absolute atomic E-state index is 6.14. The second kappa shape index (κ2) is 3.15. The molecule has 18 heavy (non-hydrogen) atoms. The Balaban J connectivity index is 2.09. The predicted molar refractivity (Wildman–Crippen MR) is 69.8 cm³/mol. The van der Waals surface area contributed by atoms with Gasteiger partial charge in [-0.05, 0) is 18.1 Å². The summed E-state index contributed by atoms with van der Waals surface area (Å²) in [7, 11) is 0. The fourth-order valence-electron chi connectivity index (χ4n) is 3.27. The van der Waals surface area contributed by atoms with Crippen molar-refractivity contribution in [2.45, 2.75) is 18.6 Å². The third-order valence-corrected chi connectivity index (χ3v) is 4.14. The van der Waals surface area contributed by atoms with Crippen molar-refractivity contribution in [2.24, 2.45) is 0 Å². The van der Waals surface area contributed by atoms with Gasteiger partial charge in [0.15, 0.2) is 0 Å². The Morgan fingerprint density at radius 2 is 2.11 bits per heavy atom. The van der Waals surface area contributed by atoms with Crippen LogP contribution < -0.4 is 0 Å². The van der Waals surface area contributed by atoms with E-state index in [0.717, 1.165) is 16.9 Å². The maximum Gasteiger partial charge on any atom is 0.147 e. The highest BCUT2D eigenvalue weighted by molar-refractivity contribution is 5.70. The zero-order valence-electron chi connectivity index (χ0n) is 10.3. The second-order valence-electron chi connectivity index (χ2n) is 5.01. The van der Waals surface area contributed by atoms with E-state index >= 15 is 0 Å². The van der Waals surface area contributed by atoms with E-state index in [4.69, 9.17) is 9.47 Å². The molecule has 1 aromatic rings. The summed E-state index contributed by atoms with van der Waals surface area (Å²) in [6, 6.07) is 8.35. The highest BCUT2D eigenvalue weighted by atomic mass is 16.6. The first kappa shape index (κ1) is 10.2. The van der Waals surface area contributed by atoms with Crippen LogP contribution in [0.2, 0.25) is 0 Å². The first-order valence-electron chi connectivity index (χ1n) is 6.22. The summed E-state index contributed by atoms with van der Waals surface area (Å²) in [5.74, 6) is 0.954. The van der Waals surface area contributed by atoms with Crippen molar-refractivity contribution in [3.63, 3.8) is 0 Å². The van der Waals surface area contributed by atoms with E-state index < -0.39 is 5.60 Å². The molecule has 2 heterocycles. The number of hydrogen-bond donors (Lipinski definition) is 0. The minimum absolute atomic E-state index is 0.00620. The van der Waals surface area contributed by atoms with Gasteiger partial charge in [-0.3, -0.25) is 0 Å². The standard InChI is InChI=1S/C16H14O2/c1-10-15-9-17-16(10)13(11(2)18-15)8-7-12-5-3-4-6-14(12)16/h3-8,15H,1,9H2,2H3. The molecule has 2 bridgehead atoms. The van der Waals surface area contributed by atoms with E-state index in [0.29, 0.717) is 6.61 Å². The number of rotatable bonds is 0. The molecule has 2 heteroatoms. The van der Waals surface area contributed by atoms with Crippen molar-refractivity contribution in [1.82, 2.24) is 0 Å². The molecule has 1 saturated heterocycles. The van der Waals surface area contributed by atoms with Crippen LogP contribution in [0.15, 0.2) is 53.8 Å². The average molecular weight is 238 g/mol. The first-order valence-corrected chi connectivity index (χ1v) is 6.22. The van der Waals surface area contributed by atoms with Crippen molar-refractivity contribution < 1.29 is 9.47 Å². The van der Waals surface area contributed by atoms with Crippen LogP contribution in [-0.4, -0.2) is 12.7 Å². The lowest BCUT2D eigenvalue weighted by Gasteiger charge is -2.39. The fraction of sp³-hybridized carbons (Fsp3) is 0.250. The van der Waals surface area contributed by atoms with Gasteiger partial charge < -0.3 is 9.47 Å². The lowest BCUT2D eigenvalue weighted by atomic mass is 9.73. The molecular weight excluding hydrogens is 224 g/mol. The quantitative estimate of drug-likeness (QED) is 0.646. The molecule has 0 amide bonds. The molecule has 2 unspecified atom stereocenters. The van der Waals surface area contributed by atoms with Gasteiger partial charge in [0, 0.05) is 11.1 Å². The second-order valence-corrected chi connectivity index (χ2v) is 5.01. The maximum atomic E-state index is 6.14. The Morgan fingerprint density at radius 1 is 1.28 bits per heavy atom. The predicted octanol–water partition coefficient (Wildman–Crippen LogP) is 3.17. The van der Waals surface area contributed by atoms with Gasteiger partial charge in [0.25, 0.3) is 0 Å². The van der Waals surface area contributed by atoms with Crippen LogP contribution in [0, 0.1) is 0 Å². The van der Waals surface area contributed by atoms with Crippen molar-refractivity contribution in [3.05, 3.63) is 65.0 Å². The zero-order chi connectivity index (χ0) is 12.3. The van der Waals surface area contributed by atoms with Gasteiger partial charge >= 0.3 is 0 Å². The van der Waals surface area contributed by atoms with Gasteiger partial charge in [0.2, 0.25) is 0 Å². The molecular formula is C16H14O2. The topological polar surface area (TPSA) is 18.5 Å². The van der Waals surface area contributed by atoms with Gasteiger partial charge in [-0.2, -0.15) is 0 Å². The number of hydrogen-bond acceptors (Lipinski definition) is 2. The van der Waals surface area contributed by atoms with Crippen molar-refractivity contribution in [3.8, 4) is 0 Å². The lowest BCUT2D eigenvalue weighted by molar-refractivity contribution is 0.0483. The fourth-order valence-corrected chi connectivity index (χ4v) is 3.27. The Kier molecular flexibility index (Phi) is 1.78. The summed E-state index contributed by atoms with van der Waals surface area (Å²) in [5, 5.41) is 0. The number of fused-ring (bicyclic) bond motifs is 2. The first-order chi connectivity index (χ1) is 8.73. The van der Waals surface area contributed by atoms with E-state index in [1.807, 2.05) is 6.92 Å². The minimum Gasteiger partial charge on any atom is -0.488 e. The number of benzene rings is 1. The molecule has 90 valence electrons. The van der Waals surface area contributed by atoms with Crippen LogP contribution in [0.3, 0.4) is 0 Å². The molecule has 1 fully saturated rings. The third kappa shape index (κ3) is 0.982. The molecule has 1 aliphatic carbocycles. The van der Waals surface area contributed by atoms with Crippen LogP contribution in [0.1, 0.15) is 18.1 Å². The Hall–Kier alpha value is -1.80. The summed E-state index contributed by atoms with van der Waals surface area (Å²) < 4.78 is 12.0. The minimum atomic E-state index is -0.474. The van der Waals surface area contributed by atoms with Gasteiger partial charge in [-0.15, -0.1) is 0 Å². The van der Waals surface area contributed by atoms with Crippen LogP contribution >= 0.6 is 0 Å². The number of ether oxygens (including phenoxy) is 2. The van der Waals surface area contributed by atoms with Crippen LogP contribution in [-0.2, 0) is 15.1 Å². The molecule has 2 aliphatic heterocycles. The molecule has 1 spiro atoms. The summed E-state index contributed by atoms with van der Waals surface area (Å²) in [5.41, 5.74) is 4.05. The molecule has 0 aromatic heterocycles. The smallest absolute Gasteiger partial charge is 0.147 e. The molecule has 2 atom stereocenters. The molecule has 0 saturated carbocycles. The highest BCUT2D eigenvalue weighted by Gasteiger charge is 2.54. The van der Waals surface area contributed by atoms with E-state index in [2.05, 4.69) is 43.0 Å². The summed E-state index contributed by atoms with van der Waals surface area (Å²) >= 11 is 0. The third-order valence-electron chi connectivity index (χ3n) is 4.14. The molecule has 0 radical (unpaired) electrons. The van der Waals surface area contributed by atoms with Gasteiger partial charge in [0.1, 0.15) is 17.5 Å². The van der Waals surface area contributed by atoms with Gasteiger partial charge in [0.05, 0.1) is 6.61 Å². The monoisotopic (exact) mass is 238 g/mol. The summed E-state index contributed by atoms with van der Waals surface area (Å²) in [6.45, 7) is 6.82. The normalized spacial score (nSPS) is 32.1. The Labute approximate surface area is 106 Å². The average Bonchev–Trinajstić information content (AvgIpc) is 2.61. The van der Waals surface area contributed by atoms with E-state index in [1.54, 1.807) is 0 Å². The highest BCUT2D eigenvalue weighted by Crippen LogP contribution is 2.54. The van der Waals surface area contributed by atoms with Gasteiger partial charge in [-0.25, -0.2) is 0 Å². The van der Waals surface area contributed by atoms with Crippen LogP contribution in [0.25, 0.3) is 6.08 Å². The van der Waals surface area contributed by atoms with Crippen molar-refractivity contribution >= 4 is 6.08 Å². The molecule has 3 aliphatic rings. The molecule has 2 nitrogen and oxygen atoms in total. The zero-order valence-corrected chi connectivity index (χ0v) is 10.3. The molecule has 0 N–H and O–H groups in total. The molecule has 4 rings (SSSR count). The van der Waals surface area contributed by atoms with E-state index in [1.165, 1.54) is 11.1 Å². The SMILES string of the molecule is C=C1C2COC13C(=C(C)O2)C=Cc1ccccc13. The van der Waals surface area contributed by atoms with Gasteiger partial charge in [-0.1, -0.05) is 43.0 Å². The van der Waals surface area contributed by atoms with E-state index in [-0.39, 0.29) is 6.10 Å². The lowest BCUT2D eigenvalue weighted by Crippen LogP contribution is -2.36. The van der Waals surface area contributed by atoms with Crippen LogP contribution in [0.4, 0.5) is 0 Å². The largest absolute Gasteiger partial charge is 0.488 e. The molecule has 1 aromatic carbocycles. The number of allylic oxidation sites excluding steroid dienone is 1.